The number of hydrogen-bond donors (Lipinski definition) is 2. The Labute approximate surface area is 165 Å². The second-order valence-electron chi connectivity index (χ2n) is 7.80. The summed E-state index contributed by atoms with van der Waals surface area (Å²) in [5.74, 6) is -1.20. The summed E-state index contributed by atoms with van der Waals surface area (Å²) in [7, 11) is 0. The van der Waals surface area contributed by atoms with Gasteiger partial charge in [0.25, 0.3) is 5.91 Å². The molecule has 2 fully saturated rings. The normalized spacial score (nSPS) is 28.1. The van der Waals surface area contributed by atoms with Crippen LogP contribution in [0.1, 0.15) is 40.7 Å². The van der Waals surface area contributed by atoms with Gasteiger partial charge in [-0.25, -0.2) is 0 Å². The summed E-state index contributed by atoms with van der Waals surface area (Å²) in [6.45, 7) is 0.510. The number of nitrogens with one attached hydrogen (secondary N) is 1. The van der Waals surface area contributed by atoms with E-state index in [-0.39, 0.29) is 50.7 Å². The first-order valence-corrected chi connectivity index (χ1v) is 9.48. The number of alkyl halides is 3. The van der Waals surface area contributed by atoms with Crippen molar-refractivity contribution in [3.63, 3.8) is 0 Å². The molecule has 0 aliphatic carbocycles. The highest BCUT2D eigenvalue weighted by Crippen LogP contribution is 2.34. The van der Waals surface area contributed by atoms with Crippen molar-refractivity contribution in [3.8, 4) is 0 Å². The highest BCUT2D eigenvalue weighted by Gasteiger charge is 2.50. The number of carbonyl (C=O) groups is 3. The number of hydrogen-bond acceptors (Lipinski definition) is 5. The maximum Gasteiger partial charge on any atom is 0.405 e. The molecule has 156 valence electrons. The van der Waals surface area contributed by atoms with Crippen LogP contribution in [-0.2, 0) is 22.7 Å². The molecule has 10 heteroatoms. The molecule has 29 heavy (non-hydrogen) atoms. The molecule has 0 radical (unpaired) electrons. The third-order valence-electron chi connectivity index (χ3n) is 5.86. The Morgan fingerprint density at radius 1 is 1.17 bits per heavy atom. The van der Waals surface area contributed by atoms with Gasteiger partial charge < -0.3 is 10.6 Å². The van der Waals surface area contributed by atoms with E-state index in [1.807, 2.05) is 0 Å². The molecule has 3 atom stereocenters. The van der Waals surface area contributed by atoms with E-state index in [9.17, 15) is 27.6 Å². The molecule has 1 aromatic carbocycles. The monoisotopic (exact) mass is 410 g/mol. The summed E-state index contributed by atoms with van der Waals surface area (Å²) in [6.07, 6.45) is -3.73. The standard InChI is InChI=1S/C19H21F3N4O3/c20-19(21,22)16-13(23)5-6-25(16)8-10-1-2-11-9-26(18(29)12(11)7-10)14-3-4-15(27)24-17(14)28/h1-2,7,13-14,16H,3-6,8-9,23H2,(H,24,27,28)/t13-,14?,16-/m1/s1. The lowest BCUT2D eigenvalue weighted by atomic mass is 10.0. The number of nitrogens with zero attached hydrogens (tertiary/aromatic N) is 2. The summed E-state index contributed by atoms with van der Waals surface area (Å²) < 4.78 is 40.0. The number of piperidine rings is 1. The fourth-order valence-corrected chi connectivity index (χ4v) is 4.44. The number of nitrogens with two attached hydrogens (primary N) is 1. The van der Waals surface area contributed by atoms with E-state index in [1.54, 1.807) is 18.2 Å². The molecule has 3 aliphatic rings. The topological polar surface area (TPSA) is 95.7 Å². The minimum absolute atomic E-state index is 0.0385. The highest BCUT2D eigenvalue weighted by atomic mass is 19.4. The molecule has 3 amide bonds. The van der Waals surface area contributed by atoms with Crippen LogP contribution in [-0.4, -0.2) is 58.4 Å². The van der Waals surface area contributed by atoms with E-state index in [2.05, 4.69) is 5.32 Å². The number of fused-ring (bicyclic) bond motifs is 1. The lowest BCUT2D eigenvalue weighted by molar-refractivity contribution is -0.180. The first-order chi connectivity index (χ1) is 13.6. The van der Waals surface area contributed by atoms with Crippen LogP contribution >= 0.6 is 0 Å². The lowest BCUT2D eigenvalue weighted by Gasteiger charge is -2.29. The fraction of sp³-hybridized carbons (Fsp3) is 0.526. The van der Waals surface area contributed by atoms with Crippen molar-refractivity contribution in [1.29, 1.82) is 0 Å². The smallest absolute Gasteiger partial charge is 0.326 e. The largest absolute Gasteiger partial charge is 0.405 e. The minimum Gasteiger partial charge on any atom is -0.326 e. The van der Waals surface area contributed by atoms with E-state index in [1.165, 1.54) is 9.80 Å². The SMILES string of the molecule is N[C@@H]1CCN(Cc2ccc3c(c2)C(=O)N(C2CCC(=O)NC2=O)C3)[C@H]1C(F)(F)F. The van der Waals surface area contributed by atoms with Crippen LogP contribution in [0.4, 0.5) is 13.2 Å². The average Bonchev–Trinajstić information content (AvgIpc) is 3.15. The summed E-state index contributed by atoms with van der Waals surface area (Å²) in [4.78, 5) is 39.0. The van der Waals surface area contributed by atoms with Gasteiger partial charge in [-0.1, -0.05) is 12.1 Å². The van der Waals surface area contributed by atoms with Crippen LogP contribution in [0.2, 0.25) is 0 Å². The molecule has 1 aromatic rings. The van der Waals surface area contributed by atoms with Crippen molar-refractivity contribution in [1.82, 2.24) is 15.1 Å². The number of imide groups is 1. The van der Waals surface area contributed by atoms with Gasteiger partial charge >= 0.3 is 6.18 Å². The number of amides is 3. The van der Waals surface area contributed by atoms with Crippen LogP contribution in [0.15, 0.2) is 18.2 Å². The van der Waals surface area contributed by atoms with Gasteiger partial charge in [-0.3, -0.25) is 24.6 Å². The van der Waals surface area contributed by atoms with Crippen molar-refractivity contribution in [2.45, 2.75) is 56.7 Å². The van der Waals surface area contributed by atoms with Crippen molar-refractivity contribution in [2.24, 2.45) is 5.73 Å². The van der Waals surface area contributed by atoms with Gasteiger partial charge in [-0.15, -0.1) is 0 Å². The van der Waals surface area contributed by atoms with E-state index in [4.69, 9.17) is 5.73 Å². The van der Waals surface area contributed by atoms with Gasteiger partial charge in [-0.2, -0.15) is 13.2 Å². The molecule has 7 nitrogen and oxygen atoms in total. The molecule has 1 unspecified atom stereocenters. The number of benzene rings is 1. The summed E-state index contributed by atoms with van der Waals surface area (Å²) >= 11 is 0. The number of halogens is 3. The minimum atomic E-state index is -4.41. The second-order valence-corrected chi connectivity index (χ2v) is 7.80. The molecule has 0 saturated carbocycles. The molecule has 3 N–H and O–H groups in total. The van der Waals surface area contributed by atoms with Crippen LogP contribution < -0.4 is 11.1 Å². The second kappa shape index (κ2) is 7.10. The maximum absolute atomic E-state index is 13.3. The van der Waals surface area contributed by atoms with Crippen molar-refractivity contribution < 1.29 is 27.6 Å². The molecule has 0 spiro atoms. The summed E-state index contributed by atoms with van der Waals surface area (Å²) in [5, 5.41) is 2.24. The molecule has 4 rings (SSSR count). The van der Waals surface area contributed by atoms with Gasteiger partial charge in [0.2, 0.25) is 11.8 Å². The molecule has 2 saturated heterocycles. The molecular weight excluding hydrogens is 389 g/mol. The Morgan fingerprint density at radius 2 is 1.93 bits per heavy atom. The third-order valence-corrected chi connectivity index (χ3v) is 5.86. The van der Waals surface area contributed by atoms with Gasteiger partial charge in [0, 0.05) is 37.7 Å². The predicted molar refractivity (Wildman–Crippen MR) is 95.3 cm³/mol. The van der Waals surface area contributed by atoms with Gasteiger partial charge in [0.05, 0.1) is 0 Å². The quantitative estimate of drug-likeness (QED) is 0.723. The Balaban J connectivity index is 1.51. The third kappa shape index (κ3) is 3.62. The molecule has 0 aromatic heterocycles. The van der Waals surface area contributed by atoms with E-state index in [0.717, 1.165) is 0 Å². The van der Waals surface area contributed by atoms with E-state index >= 15 is 0 Å². The van der Waals surface area contributed by atoms with Crippen molar-refractivity contribution >= 4 is 17.7 Å². The van der Waals surface area contributed by atoms with Crippen LogP contribution in [0.3, 0.4) is 0 Å². The molecule has 3 heterocycles. The number of carbonyl (C=O) groups excluding carboxylic acids is 3. The van der Waals surface area contributed by atoms with Gasteiger partial charge in [0.15, 0.2) is 0 Å². The van der Waals surface area contributed by atoms with Gasteiger partial charge in [0.1, 0.15) is 12.1 Å². The maximum atomic E-state index is 13.3. The van der Waals surface area contributed by atoms with Gasteiger partial charge in [-0.05, 0) is 30.0 Å². The first-order valence-electron chi connectivity index (χ1n) is 9.48. The average molecular weight is 410 g/mol. The summed E-state index contributed by atoms with van der Waals surface area (Å²) in [6, 6.07) is 1.63. The summed E-state index contributed by atoms with van der Waals surface area (Å²) in [5.41, 5.74) is 7.35. The van der Waals surface area contributed by atoms with E-state index < -0.39 is 30.2 Å². The Morgan fingerprint density at radius 3 is 2.62 bits per heavy atom. The first kappa shape index (κ1) is 19.8. The number of likely N-dealkylation sites (tertiary alicyclic amines) is 1. The number of rotatable bonds is 3. The molecular formula is C19H21F3N4O3. The Kier molecular flexibility index (Phi) is 4.86. The van der Waals surface area contributed by atoms with Crippen LogP contribution in [0, 0.1) is 0 Å². The zero-order chi connectivity index (χ0) is 20.9. The van der Waals surface area contributed by atoms with Crippen LogP contribution in [0.25, 0.3) is 0 Å². The van der Waals surface area contributed by atoms with Crippen molar-refractivity contribution in [2.75, 3.05) is 6.54 Å². The van der Waals surface area contributed by atoms with E-state index in [0.29, 0.717) is 16.7 Å². The fourth-order valence-electron chi connectivity index (χ4n) is 4.44. The van der Waals surface area contributed by atoms with Crippen molar-refractivity contribution in [3.05, 3.63) is 34.9 Å². The molecule has 3 aliphatic heterocycles. The predicted octanol–water partition coefficient (Wildman–Crippen LogP) is 0.911. The highest BCUT2D eigenvalue weighted by molar-refractivity contribution is 6.05. The lowest BCUT2D eigenvalue weighted by Crippen LogP contribution is -2.52. The Hall–Kier alpha value is -2.46. The van der Waals surface area contributed by atoms with Crippen LogP contribution in [0.5, 0.6) is 0 Å². The Bertz CT molecular complexity index is 873. The molecule has 0 bridgehead atoms. The zero-order valence-corrected chi connectivity index (χ0v) is 15.5. The zero-order valence-electron chi connectivity index (χ0n) is 15.5.